The number of carbonyl (C=O) groups is 3. The molecular weight excluding hydrogens is 248 g/mol. The first-order chi connectivity index (χ1) is 9.13. The number of aromatic nitrogens is 2. The number of carbonyl (C=O) groups excluding carboxylic acids is 3. The van der Waals surface area contributed by atoms with Gasteiger partial charge < -0.3 is 4.74 Å². The molecular formula is C13H12N2O4. The Morgan fingerprint density at radius 1 is 1.32 bits per heavy atom. The van der Waals surface area contributed by atoms with E-state index < -0.39 is 24.0 Å². The van der Waals surface area contributed by atoms with Gasteiger partial charge >= 0.3 is 5.97 Å². The lowest BCUT2D eigenvalue weighted by Crippen LogP contribution is -2.20. The number of nitrogens with zero attached hydrogens (tertiary/aromatic N) is 2. The molecule has 0 fully saturated rings. The summed E-state index contributed by atoms with van der Waals surface area (Å²) < 4.78 is 6.08. The Balaban J connectivity index is 2.16. The lowest BCUT2D eigenvalue weighted by atomic mass is 10.1. The van der Waals surface area contributed by atoms with Gasteiger partial charge in [0, 0.05) is 6.20 Å². The molecule has 0 radical (unpaired) electrons. The summed E-state index contributed by atoms with van der Waals surface area (Å²) in [7, 11) is 0. The van der Waals surface area contributed by atoms with Crippen LogP contribution in [0, 0.1) is 0 Å². The molecule has 98 valence electrons. The van der Waals surface area contributed by atoms with E-state index in [1.54, 1.807) is 31.3 Å². The molecule has 0 N–H and O–H groups in total. The van der Waals surface area contributed by atoms with Gasteiger partial charge in [0.2, 0.25) is 5.78 Å². The van der Waals surface area contributed by atoms with Gasteiger partial charge in [-0.3, -0.25) is 9.59 Å². The molecule has 0 saturated heterocycles. The van der Waals surface area contributed by atoms with Crippen LogP contribution in [0.5, 0.6) is 0 Å². The van der Waals surface area contributed by atoms with Crippen molar-refractivity contribution >= 4 is 23.1 Å². The van der Waals surface area contributed by atoms with E-state index >= 15 is 0 Å². The highest BCUT2D eigenvalue weighted by Gasteiger charge is 2.21. The number of pyridine rings is 1. The van der Waals surface area contributed by atoms with Gasteiger partial charge in [0.05, 0.1) is 30.3 Å². The minimum absolute atomic E-state index is 0.107. The first-order valence-corrected chi connectivity index (χ1v) is 5.79. The summed E-state index contributed by atoms with van der Waals surface area (Å²) in [6.45, 7) is 1.70. The van der Waals surface area contributed by atoms with E-state index in [9.17, 15) is 14.4 Å². The van der Waals surface area contributed by atoms with E-state index in [1.165, 1.54) is 10.7 Å². The van der Waals surface area contributed by atoms with Gasteiger partial charge in [0.15, 0.2) is 5.78 Å². The first kappa shape index (κ1) is 12.9. The highest BCUT2D eigenvalue weighted by molar-refractivity contribution is 6.38. The van der Waals surface area contributed by atoms with E-state index in [4.69, 9.17) is 0 Å². The summed E-state index contributed by atoms with van der Waals surface area (Å²) in [5, 5.41) is 4.00. The van der Waals surface area contributed by atoms with E-state index in [2.05, 4.69) is 9.84 Å². The number of Topliss-reactive ketones (excluding diaryl/α,β-unsaturated/α-hetero) is 2. The molecule has 6 nitrogen and oxygen atoms in total. The minimum Gasteiger partial charge on any atom is -0.460 e. The number of fused-ring (bicyclic) bond motifs is 1. The molecule has 0 aliphatic carbocycles. The fourth-order valence-electron chi connectivity index (χ4n) is 1.67. The van der Waals surface area contributed by atoms with Crippen molar-refractivity contribution in [2.45, 2.75) is 13.3 Å². The largest absolute Gasteiger partial charge is 0.460 e. The highest BCUT2D eigenvalue weighted by atomic mass is 16.5. The normalized spacial score (nSPS) is 10.4. The number of ketones is 2. The summed E-state index contributed by atoms with van der Waals surface area (Å²) in [4.78, 5) is 34.6. The van der Waals surface area contributed by atoms with Crippen LogP contribution >= 0.6 is 0 Å². The molecule has 0 unspecified atom stereocenters. The van der Waals surface area contributed by atoms with Gasteiger partial charge in [-0.15, -0.1) is 0 Å². The molecule has 0 atom stereocenters. The summed E-state index contributed by atoms with van der Waals surface area (Å²) in [6, 6.07) is 5.26. The third-order valence-electron chi connectivity index (χ3n) is 2.55. The Morgan fingerprint density at radius 3 is 2.84 bits per heavy atom. The highest BCUT2D eigenvalue weighted by Crippen LogP contribution is 2.12. The zero-order valence-corrected chi connectivity index (χ0v) is 10.3. The van der Waals surface area contributed by atoms with Crippen molar-refractivity contribution in [1.82, 2.24) is 9.61 Å². The second kappa shape index (κ2) is 5.43. The second-order valence-corrected chi connectivity index (χ2v) is 3.83. The van der Waals surface area contributed by atoms with Gasteiger partial charge in [0.25, 0.3) is 0 Å². The molecule has 2 aromatic heterocycles. The Morgan fingerprint density at radius 2 is 2.11 bits per heavy atom. The average Bonchev–Trinajstić information content (AvgIpc) is 2.82. The Kier molecular flexibility index (Phi) is 3.70. The van der Waals surface area contributed by atoms with Crippen LogP contribution in [0.4, 0.5) is 0 Å². The van der Waals surface area contributed by atoms with Crippen molar-refractivity contribution in [2.24, 2.45) is 0 Å². The molecule has 0 spiro atoms. The number of esters is 1. The third kappa shape index (κ3) is 2.67. The summed E-state index contributed by atoms with van der Waals surface area (Å²) in [6.07, 6.45) is 2.57. The third-order valence-corrected chi connectivity index (χ3v) is 2.55. The molecule has 19 heavy (non-hydrogen) atoms. The van der Waals surface area contributed by atoms with Crippen molar-refractivity contribution in [1.29, 1.82) is 0 Å². The van der Waals surface area contributed by atoms with Gasteiger partial charge in [-0.1, -0.05) is 6.07 Å². The maximum atomic E-state index is 12.0. The van der Waals surface area contributed by atoms with Gasteiger partial charge in [-0.05, 0) is 19.1 Å². The van der Waals surface area contributed by atoms with Crippen LogP contribution in [-0.2, 0) is 14.3 Å². The quantitative estimate of drug-likeness (QED) is 0.347. The van der Waals surface area contributed by atoms with Crippen LogP contribution in [0.3, 0.4) is 0 Å². The fraction of sp³-hybridized carbons (Fsp3) is 0.231. The average molecular weight is 260 g/mol. The molecule has 0 aliphatic rings. The number of ether oxygens (including phenoxy) is 1. The van der Waals surface area contributed by atoms with Crippen molar-refractivity contribution < 1.29 is 19.1 Å². The van der Waals surface area contributed by atoms with Crippen LogP contribution in [0.15, 0.2) is 30.6 Å². The topological polar surface area (TPSA) is 77.7 Å². The summed E-state index contributed by atoms with van der Waals surface area (Å²) in [5.74, 6) is -2.27. The summed E-state index contributed by atoms with van der Waals surface area (Å²) >= 11 is 0. The molecule has 0 amide bonds. The number of rotatable bonds is 5. The fourth-order valence-corrected chi connectivity index (χ4v) is 1.67. The smallest absolute Gasteiger partial charge is 0.375 e. The van der Waals surface area contributed by atoms with E-state index in [-0.39, 0.29) is 6.61 Å². The second-order valence-electron chi connectivity index (χ2n) is 3.83. The molecule has 0 aromatic carbocycles. The van der Waals surface area contributed by atoms with Crippen LogP contribution in [-0.4, -0.2) is 33.8 Å². The molecule has 2 rings (SSSR count). The molecule has 2 heterocycles. The Bertz CT molecular complexity index is 645. The first-order valence-electron chi connectivity index (χ1n) is 5.79. The lowest BCUT2D eigenvalue weighted by Gasteiger charge is -2.00. The maximum Gasteiger partial charge on any atom is 0.375 e. The minimum atomic E-state index is -0.979. The van der Waals surface area contributed by atoms with Crippen LogP contribution in [0.25, 0.3) is 5.52 Å². The predicted octanol–water partition coefficient (Wildman–Crippen LogP) is 1.04. The van der Waals surface area contributed by atoms with Crippen LogP contribution < -0.4 is 0 Å². The number of hydrogen-bond acceptors (Lipinski definition) is 5. The standard InChI is InChI=1S/C13H12N2O4/c1-2-19-13(18)12(17)7-11(16)9-8-14-15-6-4-3-5-10(9)15/h3-6,8H,2,7H2,1H3. The van der Waals surface area contributed by atoms with E-state index in [1.807, 2.05) is 0 Å². The monoisotopic (exact) mass is 260 g/mol. The van der Waals surface area contributed by atoms with Crippen LogP contribution in [0.1, 0.15) is 23.7 Å². The predicted molar refractivity (Wildman–Crippen MR) is 65.8 cm³/mol. The molecule has 0 saturated carbocycles. The molecule has 0 aliphatic heterocycles. The van der Waals surface area contributed by atoms with Crippen molar-refractivity contribution in [3.63, 3.8) is 0 Å². The van der Waals surface area contributed by atoms with Crippen molar-refractivity contribution in [2.75, 3.05) is 6.61 Å². The van der Waals surface area contributed by atoms with Gasteiger partial charge in [-0.2, -0.15) is 5.10 Å². The van der Waals surface area contributed by atoms with Crippen molar-refractivity contribution in [3.05, 3.63) is 36.2 Å². The zero-order chi connectivity index (χ0) is 13.8. The maximum absolute atomic E-state index is 12.0. The van der Waals surface area contributed by atoms with E-state index in [0.717, 1.165) is 0 Å². The molecule has 0 bridgehead atoms. The van der Waals surface area contributed by atoms with Gasteiger partial charge in [-0.25, -0.2) is 9.31 Å². The Labute approximate surface area is 109 Å². The SMILES string of the molecule is CCOC(=O)C(=O)CC(=O)c1cnn2ccccc12. The Hall–Kier alpha value is -2.50. The lowest BCUT2D eigenvalue weighted by molar-refractivity contribution is -0.153. The molecule has 2 aromatic rings. The summed E-state index contributed by atoms with van der Waals surface area (Å²) in [5.41, 5.74) is 0.919. The van der Waals surface area contributed by atoms with E-state index in [0.29, 0.717) is 11.1 Å². The van der Waals surface area contributed by atoms with Crippen molar-refractivity contribution in [3.8, 4) is 0 Å². The van der Waals surface area contributed by atoms with Crippen LogP contribution in [0.2, 0.25) is 0 Å². The molecule has 6 heteroatoms. The van der Waals surface area contributed by atoms with Gasteiger partial charge in [0.1, 0.15) is 0 Å². The number of hydrogen-bond donors (Lipinski definition) is 0. The zero-order valence-electron chi connectivity index (χ0n) is 10.3.